The maximum atomic E-state index is 11.6. The zero-order valence-electron chi connectivity index (χ0n) is 9.21. The van der Waals surface area contributed by atoms with Crippen molar-refractivity contribution in [3.8, 4) is 0 Å². The van der Waals surface area contributed by atoms with Gasteiger partial charge in [0.25, 0.3) is 0 Å². The van der Waals surface area contributed by atoms with Crippen LogP contribution < -0.4 is 5.32 Å². The van der Waals surface area contributed by atoms with Gasteiger partial charge < -0.3 is 15.3 Å². The standard InChI is InChI=1S/C10H10N2O4S2/c13-7(3-12-5-17-4-9(12)14)11-8-2-1-6(18-8)10(15)16/h1-2H,3-5H2,(H,11,13)(H,15,16). The lowest BCUT2D eigenvalue weighted by molar-refractivity contribution is -0.130. The number of aromatic carboxylic acids is 1. The third-order valence-electron chi connectivity index (χ3n) is 2.24. The molecule has 1 aromatic heterocycles. The summed E-state index contributed by atoms with van der Waals surface area (Å²) in [6.45, 7) is 0.00609. The van der Waals surface area contributed by atoms with Crippen molar-refractivity contribution in [1.82, 2.24) is 4.90 Å². The van der Waals surface area contributed by atoms with Gasteiger partial charge in [-0.3, -0.25) is 9.59 Å². The summed E-state index contributed by atoms with van der Waals surface area (Å²) in [6.07, 6.45) is 0. The maximum absolute atomic E-state index is 11.6. The molecule has 0 aliphatic carbocycles. The molecule has 1 saturated heterocycles. The van der Waals surface area contributed by atoms with Crippen molar-refractivity contribution in [2.24, 2.45) is 0 Å². The Hall–Kier alpha value is -1.54. The summed E-state index contributed by atoms with van der Waals surface area (Å²) in [5, 5.41) is 11.8. The third-order valence-corrected chi connectivity index (χ3v) is 4.17. The SMILES string of the molecule is O=C(CN1CSCC1=O)Nc1ccc(C(=O)O)s1. The fourth-order valence-corrected chi connectivity index (χ4v) is 3.08. The van der Waals surface area contributed by atoms with E-state index in [4.69, 9.17) is 5.11 Å². The topological polar surface area (TPSA) is 86.7 Å². The lowest BCUT2D eigenvalue weighted by Crippen LogP contribution is -2.34. The number of hydrogen-bond donors (Lipinski definition) is 2. The Bertz CT molecular complexity index is 500. The molecule has 0 aromatic carbocycles. The van der Waals surface area contributed by atoms with Gasteiger partial charge in [-0.25, -0.2) is 4.79 Å². The number of rotatable bonds is 4. The van der Waals surface area contributed by atoms with Crippen LogP contribution in [-0.4, -0.2) is 46.0 Å². The zero-order chi connectivity index (χ0) is 13.1. The Morgan fingerprint density at radius 3 is 2.78 bits per heavy atom. The molecule has 0 radical (unpaired) electrons. The van der Waals surface area contributed by atoms with Crippen molar-refractivity contribution in [1.29, 1.82) is 0 Å². The minimum absolute atomic E-state index is 0.00609. The second-order valence-electron chi connectivity index (χ2n) is 3.59. The first-order chi connectivity index (χ1) is 8.56. The Morgan fingerprint density at radius 1 is 1.44 bits per heavy atom. The smallest absolute Gasteiger partial charge is 0.345 e. The first kappa shape index (κ1) is 12.9. The predicted molar refractivity (Wildman–Crippen MR) is 68.9 cm³/mol. The fourth-order valence-electron chi connectivity index (χ4n) is 1.41. The number of amides is 2. The van der Waals surface area contributed by atoms with Crippen molar-refractivity contribution < 1.29 is 19.5 Å². The van der Waals surface area contributed by atoms with Gasteiger partial charge in [-0.05, 0) is 12.1 Å². The van der Waals surface area contributed by atoms with E-state index in [0.717, 1.165) is 11.3 Å². The van der Waals surface area contributed by atoms with Crippen LogP contribution in [0.15, 0.2) is 12.1 Å². The van der Waals surface area contributed by atoms with Crippen LogP contribution in [0.5, 0.6) is 0 Å². The summed E-state index contributed by atoms with van der Waals surface area (Å²) in [4.78, 5) is 35.2. The lowest BCUT2D eigenvalue weighted by Gasteiger charge is -2.13. The molecule has 8 heteroatoms. The van der Waals surface area contributed by atoms with Gasteiger partial charge in [-0.1, -0.05) is 0 Å². The van der Waals surface area contributed by atoms with E-state index in [2.05, 4.69) is 5.32 Å². The summed E-state index contributed by atoms with van der Waals surface area (Å²) in [5.74, 6) is -0.448. The molecule has 0 spiro atoms. The zero-order valence-corrected chi connectivity index (χ0v) is 10.8. The van der Waals surface area contributed by atoms with E-state index in [1.165, 1.54) is 28.8 Å². The Morgan fingerprint density at radius 2 is 2.22 bits per heavy atom. The molecule has 1 aromatic rings. The number of carbonyl (C=O) groups excluding carboxylic acids is 2. The fraction of sp³-hybridized carbons (Fsp3) is 0.300. The van der Waals surface area contributed by atoms with Crippen LogP contribution in [0.25, 0.3) is 0 Å². The van der Waals surface area contributed by atoms with E-state index in [1.807, 2.05) is 0 Å². The molecule has 1 fully saturated rings. The van der Waals surface area contributed by atoms with E-state index < -0.39 is 5.97 Å². The highest BCUT2D eigenvalue weighted by Crippen LogP contribution is 2.22. The molecule has 1 aliphatic heterocycles. The van der Waals surface area contributed by atoms with Gasteiger partial charge in [0.05, 0.1) is 16.6 Å². The second-order valence-corrected chi connectivity index (χ2v) is 5.63. The molecule has 96 valence electrons. The predicted octanol–water partition coefficient (Wildman–Crippen LogP) is 0.918. The highest BCUT2D eigenvalue weighted by Gasteiger charge is 2.23. The van der Waals surface area contributed by atoms with Crippen LogP contribution in [0.2, 0.25) is 0 Å². The number of thiophene rings is 1. The van der Waals surface area contributed by atoms with E-state index >= 15 is 0 Å². The van der Waals surface area contributed by atoms with Crippen LogP contribution in [0.4, 0.5) is 5.00 Å². The van der Waals surface area contributed by atoms with Crippen molar-refractivity contribution >= 4 is 45.9 Å². The van der Waals surface area contributed by atoms with Crippen LogP contribution in [-0.2, 0) is 9.59 Å². The Labute approximate surface area is 111 Å². The third kappa shape index (κ3) is 3.02. The van der Waals surface area contributed by atoms with Crippen LogP contribution >= 0.6 is 23.1 Å². The molecule has 2 rings (SSSR count). The van der Waals surface area contributed by atoms with Crippen molar-refractivity contribution in [3.05, 3.63) is 17.0 Å². The van der Waals surface area contributed by atoms with Gasteiger partial charge in [-0.2, -0.15) is 0 Å². The first-order valence-corrected chi connectivity index (χ1v) is 7.02. The van der Waals surface area contributed by atoms with Gasteiger partial charge in [0.1, 0.15) is 11.4 Å². The molecule has 0 atom stereocenters. The summed E-state index contributed by atoms with van der Waals surface area (Å²) in [5.41, 5.74) is 0. The summed E-state index contributed by atoms with van der Waals surface area (Å²) >= 11 is 2.46. The number of carbonyl (C=O) groups is 3. The molecule has 2 N–H and O–H groups in total. The molecule has 1 aliphatic rings. The van der Waals surface area contributed by atoms with Gasteiger partial charge in [0.2, 0.25) is 11.8 Å². The molecule has 2 amide bonds. The lowest BCUT2D eigenvalue weighted by atomic mass is 10.4. The van der Waals surface area contributed by atoms with E-state index in [0.29, 0.717) is 16.6 Å². The quantitative estimate of drug-likeness (QED) is 0.859. The number of hydrogen-bond acceptors (Lipinski definition) is 5. The van der Waals surface area contributed by atoms with Gasteiger partial charge in [0.15, 0.2) is 0 Å². The van der Waals surface area contributed by atoms with Gasteiger partial charge >= 0.3 is 5.97 Å². The molecule has 0 saturated carbocycles. The average Bonchev–Trinajstić information content (AvgIpc) is 2.89. The minimum Gasteiger partial charge on any atom is -0.477 e. The normalized spacial score (nSPS) is 14.9. The highest BCUT2D eigenvalue weighted by atomic mass is 32.2. The molecular formula is C10H10N2O4S2. The molecule has 0 unspecified atom stereocenters. The summed E-state index contributed by atoms with van der Waals surface area (Å²) in [7, 11) is 0. The monoisotopic (exact) mass is 286 g/mol. The van der Waals surface area contributed by atoms with Crippen molar-refractivity contribution in [3.63, 3.8) is 0 Å². The van der Waals surface area contributed by atoms with Gasteiger partial charge in [0, 0.05) is 0 Å². The Kier molecular flexibility index (Phi) is 3.87. The number of carboxylic acids is 1. The van der Waals surface area contributed by atoms with Crippen LogP contribution in [0.1, 0.15) is 9.67 Å². The number of thioether (sulfide) groups is 1. The Balaban J connectivity index is 1.90. The number of nitrogens with one attached hydrogen (secondary N) is 1. The number of carboxylic acid groups (broad SMARTS) is 1. The molecule has 2 heterocycles. The van der Waals surface area contributed by atoms with Crippen molar-refractivity contribution in [2.75, 3.05) is 23.5 Å². The van der Waals surface area contributed by atoms with E-state index in [-0.39, 0.29) is 23.2 Å². The van der Waals surface area contributed by atoms with Gasteiger partial charge in [-0.15, -0.1) is 23.1 Å². The summed E-state index contributed by atoms with van der Waals surface area (Å²) < 4.78 is 0. The first-order valence-electron chi connectivity index (χ1n) is 5.05. The minimum atomic E-state index is -1.02. The van der Waals surface area contributed by atoms with Crippen LogP contribution in [0, 0.1) is 0 Å². The molecule has 0 bridgehead atoms. The largest absolute Gasteiger partial charge is 0.477 e. The number of nitrogens with zero attached hydrogens (tertiary/aromatic N) is 1. The summed E-state index contributed by atoms with van der Waals surface area (Å²) in [6, 6.07) is 2.96. The highest BCUT2D eigenvalue weighted by molar-refractivity contribution is 8.00. The molecular weight excluding hydrogens is 276 g/mol. The van der Waals surface area contributed by atoms with E-state index in [9.17, 15) is 14.4 Å². The number of anilines is 1. The average molecular weight is 286 g/mol. The maximum Gasteiger partial charge on any atom is 0.345 e. The van der Waals surface area contributed by atoms with E-state index in [1.54, 1.807) is 0 Å². The van der Waals surface area contributed by atoms with Crippen LogP contribution in [0.3, 0.4) is 0 Å². The molecule has 18 heavy (non-hydrogen) atoms. The second kappa shape index (κ2) is 5.40. The van der Waals surface area contributed by atoms with Crippen molar-refractivity contribution in [2.45, 2.75) is 0 Å². The molecule has 6 nitrogen and oxygen atoms in total.